The lowest BCUT2D eigenvalue weighted by atomic mass is 10.1. The minimum absolute atomic E-state index is 0.110. The summed E-state index contributed by atoms with van der Waals surface area (Å²) in [5.74, 6) is 0.215. The van der Waals surface area contributed by atoms with Crippen molar-refractivity contribution >= 4 is 5.91 Å². The van der Waals surface area contributed by atoms with Crippen molar-refractivity contribution in [2.24, 2.45) is 5.92 Å². The third-order valence-corrected chi connectivity index (χ3v) is 4.30. The van der Waals surface area contributed by atoms with Crippen molar-refractivity contribution in [2.75, 3.05) is 19.8 Å². The maximum atomic E-state index is 13.5. The largest absolute Gasteiger partial charge is 0.381 e. The molecule has 1 aromatic rings. The predicted octanol–water partition coefficient (Wildman–Crippen LogP) is 2.07. The summed E-state index contributed by atoms with van der Waals surface area (Å²) in [6, 6.07) is 6.30. The first kappa shape index (κ1) is 14.5. The molecular weight excluding hydrogens is 271 g/mol. The second-order valence-corrected chi connectivity index (χ2v) is 5.81. The Bertz CT molecular complexity index is 517. The molecule has 0 radical (unpaired) electrons. The molecule has 2 aliphatic heterocycles. The molecule has 0 saturated carbocycles. The van der Waals surface area contributed by atoms with Gasteiger partial charge in [0.2, 0.25) is 5.91 Å². The van der Waals surface area contributed by atoms with Crippen LogP contribution in [-0.2, 0) is 9.53 Å². The quantitative estimate of drug-likeness (QED) is 0.923. The van der Waals surface area contributed by atoms with Crippen LogP contribution in [0.3, 0.4) is 0 Å². The highest BCUT2D eigenvalue weighted by Crippen LogP contribution is 2.29. The number of carbonyl (C=O) groups is 1. The van der Waals surface area contributed by atoms with Crippen molar-refractivity contribution in [3.8, 4) is 0 Å². The van der Waals surface area contributed by atoms with Gasteiger partial charge in [-0.1, -0.05) is 19.1 Å². The fourth-order valence-corrected chi connectivity index (χ4v) is 3.13. The SMILES string of the molecule is CCC1NC(c2cccc(F)c2)N(CC2CCOC2)C1=O. The predicted molar refractivity (Wildman–Crippen MR) is 77.0 cm³/mol. The van der Waals surface area contributed by atoms with E-state index in [1.807, 2.05) is 17.9 Å². The molecule has 1 N–H and O–H groups in total. The normalized spacial score (nSPS) is 29.3. The van der Waals surface area contributed by atoms with Crippen LogP contribution in [0.4, 0.5) is 4.39 Å². The number of carbonyl (C=O) groups excluding carboxylic acids is 1. The van der Waals surface area contributed by atoms with E-state index in [2.05, 4.69) is 5.32 Å². The molecule has 114 valence electrons. The lowest BCUT2D eigenvalue weighted by Gasteiger charge is -2.26. The van der Waals surface area contributed by atoms with Gasteiger partial charge in [0.25, 0.3) is 0 Å². The lowest BCUT2D eigenvalue weighted by molar-refractivity contribution is -0.130. The van der Waals surface area contributed by atoms with Gasteiger partial charge in [-0.25, -0.2) is 4.39 Å². The maximum absolute atomic E-state index is 13.5. The average Bonchev–Trinajstić information content (AvgIpc) is 3.09. The third-order valence-electron chi connectivity index (χ3n) is 4.30. The molecule has 0 aliphatic carbocycles. The van der Waals surface area contributed by atoms with Crippen LogP contribution < -0.4 is 5.32 Å². The van der Waals surface area contributed by atoms with Crippen molar-refractivity contribution in [3.63, 3.8) is 0 Å². The van der Waals surface area contributed by atoms with E-state index in [-0.39, 0.29) is 23.9 Å². The molecule has 3 atom stereocenters. The summed E-state index contributed by atoms with van der Waals surface area (Å²) in [4.78, 5) is 14.4. The summed E-state index contributed by atoms with van der Waals surface area (Å²) in [5.41, 5.74) is 0.804. The van der Waals surface area contributed by atoms with E-state index in [1.165, 1.54) is 12.1 Å². The number of ether oxygens (including phenoxy) is 1. The van der Waals surface area contributed by atoms with Crippen molar-refractivity contribution in [1.29, 1.82) is 0 Å². The van der Waals surface area contributed by atoms with Gasteiger partial charge in [-0.05, 0) is 30.5 Å². The van der Waals surface area contributed by atoms with Crippen LogP contribution >= 0.6 is 0 Å². The number of nitrogens with zero attached hydrogens (tertiary/aromatic N) is 1. The standard InChI is InChI=1S/C16H21FN2O2/c1-2-14-16(20)19(9-11-6-7-21-10-11)15(18-14)12-4-3-5-13(17)8-12/h3-5,8,11,14-15,18H,2,6-7,9-10H2,1H3. The smallest absolute Gasteiger partial charge is 0.241 e. The molecule has 2 aliphatic rings. The average molecular weight is 292 g/mol. The number of benzene rings is 1. The maximum Gasteiger partial charge on any atom is 0.241 e. The van der Waals surface area contributed by atoms with E-state index < -0.39 is 0 Å². The second-order valence-electron chi connectivity index (χ2n) is 5.81. The Morgan fingerprint density at radius 2 is 2.33 bits per heavy atom. The molecule has 3 rings (SSSR count). The van der Waals surface area contributed by atoms with Crippen LogP contribution in [-0.4, -0.2) is 36.6 Å². The number of hydrogen-bond acceptors (Lipinski definition) is 3. The Morgan fingerprint density at radius 1 is 1.48 bits per heavy atom. The zero-order chi connectivity index (χ0) is 14.8. The minimum atomic E-state index is -0.272. The number of nitrogens with one attached hydrogen (secondary N) is 1. The summed E-state index contributed by atoms with van der Waals surface area (Å²) >= 11 is 0. The van der Waals surface area contributed by atoms with Gasteiger partial charge in [-0.15, -0.1) is 0 Å². The van der Waals surface area contributed by atoms with E-state index in [4.69, 9.17) is 4.74 Å². The van der Waals surface area contributed by atoms with Crippen LogP contribution in [0.25, 0.3) is 0 Å². The van der Waals surface area contributed by atoms with Crippen LogP contribution in [0.15, 0.2) is 24.3 Å². The number of halogens is 1. The summed E-state index contributed by atoms with van der Waals surface area (Å²) in [7, 11) is 0. The molecular formula is C16H21FN2O2. The minimum Gasteiger partial charge on any atom is -0.381 e. The van der Waals surface area contributed by atoms with Crippen LogP contribution in [0.2, 0.25) is 0 Å². The highest BCUT2D eigenvalue weighted by molar-refractivity contribution is 5.84. The molecule has 3 unspecified atom stereocenters. The van der Waals surface area contributed by atoms with E-state index >= 15 is 0 Å². The first-order valence-corrected chi connectivity index (χ1v) is 7.58. The van der Waals surface area contributed by atoms with Gasteiger partial charge in [0, 0.05) is 19.1 Å². The van der Waals surface area contributed by atoms with E-state index in [0.717, 1.165) is 25.0 Å². The molecule has 1 aromatic carbocycles. The van der Waals surface area contributed by atoms with Crippen molar-refractivity contribution in [2.45, 2.75) is 32.0 Å². The van der Waals surface area contributed by atoms with E-state index in [0.29, 0.717) is 19.1 Å². The Morgan fingerprint density at radius 3 is 3.00 bits per heavy atom. The lowest BCUT2D eigenvalue weighted by Crippen LogP contribution is -2.35. The molecule has 0 bridgehead atoms. The number of amides is 1. The van der Waals surface area contributed by atoms with Crippen molar-refractivity contribution in [3.05, 3.63) is 35.6 Å². The first-order chi connectivity index (χ1) is 10.2. The zero-order valence-electron chi connectivity index (χ0n) is 12.2. The van der Waals surface area contributed by atoms with Crippen LogP contribution in [0.1, 0.15) is 31.5 Å². The Labute approximate surface area is 124 Å². The third kappa shape index (κ3) is 2.94. The molecule has 0 aromatic heterocycles. The van der Waals surface area contributed by atoms with Gasteiger partial charge < -0.3 is 9.64 Å². The fraction of sp³-hybridized carbons (Fsp3) is 0.562. The monoisotopic (exact) mass is 292 g/mol. The first-order valence-electron chi connectivity index (χ1n) is 7.58. The van der Waals surface area contributed by atoms with Gasteiger partial charge in [0.1, 0.15) is 12.0 Å². The number of hydrogen-bond donors (Lipinski definition) is 1. The van der Waals surface area contributed by atoms with Gasteiger partial charge in [-0.2, -0.15) is 0 Å². The van der Waals surface area contributed by atoms with Gasteiger partial charge in [-0.3, -0.25) is 10.1 Å². The van der Waals surface area contributed by atoms with Gasteiger partial charge in [0.05, 0.1) is 12.6 Å². The molecule has 2 saturated heterocycles. The van der Waals surface area contributed by atoms with Gasteiger partial charge >= 0.3 is 0 Å². The highest BCUT2D eigenvalue weighted by Gasteiger charge is 2.39. The fourth-order valence-electron chi connectivity index (χ4n) is 3.13. The summed E-state index contributed by atoms with van der Waals surface area (Å²) < 4.78 is 18.9. The Balaban J connectivity index is 1.83. The van der Waals surface area contributed by atoms with Crippen LogP contribution in [0.5, 0.6) is 0 Å². The second kappa shape index (κ2) is 6.12. The molecule has 2 fully saturated rings. The molecule has 4 nitrogen and oxygen atoms in total. The Hall–Kier alpha value is -1.46. The molecule has 1 amide bonds. The van der Waals surface area contributed by atoms with E-state index in [1.54, 1.807) is 6.07 Å². The zero-order valence-corrected chi connectivity index (χ0v) is 12.2. The number of rotatable bonds is 4. The topological polar surface area (TPSA) is 41.6 Å². The summed E-state index contributed by atoms with van der Waals surface area (Å²) in [5, 5.41) is 3.33. The Kier molecular flexibility index (Phi) is 4.22. The summed E-state index contributed by atoms with van der Waals surface area (Å²) in [6.07, 6.45) is 1.48. The van der Waals surface area contributed by atoms with E-state index in [9.17, 15) is 9.18 Å². The van der Waals surface area contributed by atoms with Crippen LogP contribution in [0, 0.1) is 11.7 Å². The highest BCUT2D eigenvalue weighted by atomic mass is 19.1. The molecule has 2 heterocycles. The molecule has 0 spiro atoms. The van der Waals surface area contributed by atoms with Crippen molar-refractivity contribution < 1.29 is 13.9 Å². The van der Waals surface area contributed by atoms with Gasteiger partial charge in [0.15, 0.2) is 0 Å². The summed E-state index contributed by atoms with van der Waals surface area (Å²) in [6.45, 7) is 4.13. The molecule has 21 heavy (non-hydrogen) atoms. The van der Waals surface area contributed by atoms with Crippen molar-refractivity contribution in [1.82, 2.24) is 10.2 Å². The molecule has 5 heteroatoms.